The van der Waals surface area contributed by atoms with Crippen LogP contribution in [0.15, 0.2) is 23.7 Å². The Bertz CT molecular complexity index is 598. The SMILES string of the molecule is CCC(CO)N1CCN(Cc2cn(C)nc2-c2cccs2)CC1. The molecule has 3 heterocycles. The number of aliphatic hydroxyl groups excluding tert-OH is 1. The number of aryl methyl sites for hydroxylation is 1. The van der Waals surface area contributed by atoms with Crippen molar-refractivity contribution in [3.05, 3.63) is 29.3 Å². The van der Waals surface area contributed by atoms with Gasteiger partial charge in [-0.2, -0.15) is 5.10 Å². The van der Waals surface area contributed by atoms with Crippen LogP contribution in [-0.4, -0.2) is 63.5 Å². The molecule has 23 heavy (non-hydrogen) atoms. The zero-order chi connectivity index (χ0) is 16.2. The van der Waals surface area contributed by atoms with E-state index >= 15 is 0 Å². The first-order valence-corrected chi connectivity index (χ1v) is 9.23. The third-order valence-electron chi connectivity index (χ3n) is 4.66. The van der Waals surface area contributed by atoms with Crippen molar-refractivity contribution in [1.82, 2.24) is 19.6 Å². The van der Waals surface area contributed by atoms with Crippen molar-refractivity contribution in [2.45, 2.75) is 25.9 Å². The van der Waals surface area contributed by atoms with Crippen molar-refractivity contribution in [1.29, 1.82) is 0 Å². The van der Waals surface area contributed by atoms with Crippen LogP contribution >= 0.6 is 11.3 Å². The molecule has 3 rings (SSSR count). The van der Waals surface area contributed by atoms with Gasteiger partial charge in [-0.25, -0.2) is 0 Å². The summed E-state index contributed by atoms with van der Waals surface area (Å²) in [6.45, 7) is 7.54. The molecule has 0 aliphatic carbocycles. The molecule has 1 fully saturated rings. The lowest BCUT2D eigenvalue weighted by Crippen LogP contribution is -2.50. The molecule has 2 aromatic heterocycles. The number of hydrogen-bond donors (Lipinski definition) is 1. The Morgan fingerprint density at radius 3 is 2.70 bits per heavy atom. The lowest BCUT2D eigenvalue weighted by atomic mass is 10.1. The average Bonchev–Trinajstić information content (AvgIpc) is 3.19. The Labute approximate surface area is 142 Å². The molecular weight excluding hydrogens is 308 g/mol. The maximum absolute atomic E-state index is 9.46. The van der Waals surface area contributed by atoms with Crippen LogP contribution in [0.5, 0.6) is 0 Å². The minimum Gasteiger partial charge on any atom is -0.395 e. The van der Waals surface area contributed by atoms with E-state index in [1.165, 1.54) is 10.4 Å². The van der Waals surface area contributed by atoms with Gasteiger partial charge in [0, 0.05) is 57.6 Å². The van der Waals surface area contributed by atoms with E-state index in [4.69, 9.17) is 0 Å². The highest BCUT2D eigenvalue weighted by Crippen LogP contribution is 2.27. The zero-order valence-electron chi connectivity index (χ0n) is 14.0. The minimum atomic E-state index is 0.266. The van der Waals surface area contributed by atoms with Gasteiger partial charge >= 0.3 is 0 Å². The normalized spacial score (nSPS) is 18.4. The van der Waals surface area contributed by atoms with Crippen LogP contribution in [-0.2, 0) is 13.6 Å². The van der Waals surface area contributed by atoms with E-state index in [1.54, 1.807) is 11.3 Å². The van der Waals surface area contributed by atoms with Gasteiger partial charge in [-0.1, -0.05) is 13.0 Å². The molecular formula is C17H26N4OS. The van der Waals surface area contributed by atoms with Crippen molar-refractivity contribution < 1.29 is 5.11 Å². The molecule has 2 aromatic rings. The largest absolute Gasteiger partial charge is 0.395 e. The first kappa shape index (κ1) is 16.6. The third-order valence-corrected chi connectivity index (χ3v) is 5.53. The number of aromatic nitrogens is 2. The maximum Gasteiger partial charge on any atom is 0.107 e. The molecule has 5 nitrogen and oxygen atoms in total. The van der Waals surface area contributed by atoms with Crippen LogP contribution < -0.4 is 0 Å². The second kappa shape index (κ2) is 7.57. The summed E-state index contributed by atoms with van der Waals surface area (Å²) in [7, 11) is 1.99. The fourth-order valence-corrected chi connectivity index (χ4v) is 4.05. The highest BCUT2D eigenvalue weighted by molar-refractivity contribution is 7.13. The van der Waals surface area contributed by atoms with Crippen molar-refractivity contribution in [2.24, 2.45) is 7.05 Å². The van der Waals surface area contributed by atoms with Gasteiger partial charge in [0.1, 0.15) is 5.69 Å². The third kappa shape index (κ3) is 3.83. The highest BCUT2D eigenvalue weighted by atomic mass is 32.1. The number of piperazine rings is 1. The Morgan fingerprint density at radius 2 is 2.09 bits per heavy atom. The van der Waals surface area contributed by atoms with Gasteiger partial charge in [0.05, 0.1) is 11.5 Å². The molecule has 0 bridgehead atoms. The van der Waals surface area contributed by atoms with E-state index in [0.717, 1.165) is 44.8 Å². The standard InChI is InChI=1S/C17H26N4OS/c1-3-15(13-22)21-8-6-20(7-9-21)12-14-11-19(2)18-17(14)16-5-4-10-23-16/h4-5,10-11,15,22H,3,6-9,12-13H2,1-2H3. The first-order chi connectivity index (χ1) is 11.2. The topological polar surface area (TPSA) is 44.5 Å². The van der Waals surface area contributed by atoms with Crippen molar-refractivity contribution in [3.8, 4) is 10.6 Å². The van der Waals surface area contributed by atoms with Gasteiger partial charge < -0.3 is 5.11 Å². The van der Waals surface area contributed by atoms with Crippen LogP contribution in [0.2, 0.25) is 0 Å². The van der Waals surface area contributed by atoms with Crippen molar-refractivity contribution in [3.63, 3.8) is 0 Å². The smallest absolute Gasteiger partial charge is 0.107 e. The summed E-state index contributed by atoms with van der Waals surface area (Å²) < 4.78 is 1.92. The van der Waals surface area contributed by atoms with Crippen LogP contribution in [0.3, 0.4) is 0 Å². The van der Waals surface area contributed by atoms with Gasteiger partial charge in [0.25, 0.3) is 0 Å². The predicted molar refractivity (Wildman–Crippen MR) is 94.5 cm³/mol. The summed E-state index contributed by atoms with van der Waals surface area (Å²) in [6, 6.07) is 4.54. The Balaban J connectivity index is 1.63. The summed E-state index contributed by atoms with van der Waals surface area (Å²) in [4.78, 5) is 6.15. The fraction of sp³-hybridized carbons (Fsp3) is 0.588. The van der Waals surface area contributed by atoms with Crippen LogP contribution in [0, 0.1) is 0 Å². The summed E-state index contributed by atoms with van der Waals surface area (Å²) in [5.74, 6) is 0. The molecule has 0 saturated carbocycles. The molecule has 0 radical (unpaired) electrons. The predicted octanol–water partition coefficient (Wildman–Crippen LogP) is 2.04. The molecule has 126 valence electrons. The van der Waals surface area contributed by atoms with Gasteiger partial charge in [0.2, 0.25) is 0 Å². The van der Waals surface area contributed by atoms with E-state index in [1.807, 2.05) is 11.7 Å². The molecule has 0 aromatic carbocycles. The monoisotopic (exact) mass is 334 g/mol. The molecule has 1 N–H and O–H groups in total. The van der Waals surface area contributed by atoms with Gasteiger partial charge in [0.15, 0.2) is 0 Å². The Morgan fingerprint density at radius 1 is 1.30 bits per heavy atom. The number of thiophene rings is 1. The summed E-state index contributed by atoms with van der Waals surface area (Å²) in [6.07, 6.45) is 3.16. The van der Waals surface area contributed by atoms with Crippen molar-refractivity contribution in [2.75, 3.05) is 32.8 Å². The summed E-state index contributed by atoms with van der Waals surface area (Å²) in [5, 5.41) is 16.2. The lowest BCUT2D eigenvalue weighted by Gasteiger charge is -2.38. The van der Waals surface area contributed by atoms with E-state index in [0.29, 0.717) is 6.04 Å². The number of aliphatic hydroxyl groups is 1. The number of hydrogen-bond acceptors (Lipinski definition) is 5. The van der Waals surface area contributed by atoms with Gasteiger partial charge in [-0.3, -0.25) is 14.5 Å². The Kier molecular flexibility index (Phi) is 5.48. The maximum atomic E-state index is 9.46. The van der Waals surface area contributed by atoms with Crippen LogP contribution in [0.4, 0.5) is 0 Å². The van der Waals surface area contributed by atoms with Gasteiger partial charge in [-0.15, -0.1) is 11.3 Å². The Hall–Kier alpha value is -1.21. The molecule has 1 unspecified atom stereocenters. The molecule has 6 heteroatoms. The molecule has 0 amide bonds. The second-order valence-electron chi connectivity index (χ2n) is 6.21. The highest BCUT2D eigenvalue weighted by Gasteiger charge is 2.23. The summed E-state index contributed by atoms with van der Waals surface area (Å²) >= 11 is 1.75. The zero-order valence-corrected chi connectivity index (χ0v) is 14.8. The van der Waals surface area contributed by atoms with Gasteiger partial charge in [-0.05, 0) is 17.9 Å². The van der Waals surface area contributed by atoms with E-state index in [9.17, 15) is 5.11 Å². The molecule has 1 atom stereocenters. The average molecular weight is 334 g/mol. The minimum absolute atomic E-state index is 0.266. The molecule has 1 aliphatic rings. The quantitative estimate of drug-likeness (QED) is 0.878. The number of nitrogens with zero attached hydrogens (tertiary/aromatic N) is 4. The van der Waals surface area contributed by atoms with Crippen LogP contribution in [0.25, 0.3) is 10.6 Å². The first-order valence-electron chi connectivity index (χ1n) is 8.35. The fourth-order valence-electron chi connectivity index (χ4n) is 3.30. The molecule has 0 spiro atoms. The van der Waals surface area contributed by atoms with E-state index < -0.39 is 0 Å². The molecule has 1 aliphatic heterocycles. The lowest BCUT2D eigenvalue weighted by molar-refractivity contribution is 0.0609. The number of rotatable bonds is 6. The van der Waals surface area contributed by atoms with E-state index in [-0.39, 0.29) is 6.61 Å². The molecule has 1 saturated heterocycles. The second-order valence-corrected chi connectivity index (χ2v) is 7.16. The van der Waals surface area contributed by atoms with Crippen molar-refractivity contribution >= 4 is 11.3 Å². The van der Waals surface area contributed by atoms with E-state index in [2.05, 4.69) is 45.5 Å². The van der Waals surface area contributed by atoms with Crippen LogP contribution in [0.1, 0.15) is 18.9 Å². The summed E-state index contributed by atoms with van der Waals surface area (Å²) in [5.41, 5.74) is 2.42.